The van der Waals surface area contributed by atoms with Crippen molar-refractivity contribution in [3.05, 3.63) is 157 Å². The molecule has 0 fully saturated rings. The summed E-state index contributed by atoms with van der Waals surface area (Å²) in [5.41, 5.74) is 14.0. The highest BCUT2D eigenvalue weighted by Crippen LogP contribution is 2.39. The Balaban J connectivity index is 1.33. The Bertz CT molecular complexity index is 2410. The van der Waals surface area contributed by atoms with E-state index in [9.17, 15) is 0 Å². The lowest BCUT2D eigenvalue weighted by atomic mass is 9.96. The molecule has 0 aliphatic heterocycles. The lowest BCUT2D eigenvalue weighted by molar-refractivity contribution is 1.20. The fraction of sp³-hybridized carbons (Fsp3) is 0.0244. The predicted molar refractivity (Wildman–Crippen MR) is 186 cm³/mol. The molecule has 8 rings (SSSR count). The monoisotopic (exact) mass is 550 g/mol. The highest BCUT2D eigenvalue weighted by Gasteiger charge is 2.16. The van der Waals surface area contributed by atoms with Gasteiger partial charge < -0.3 is 10.3 Å². The molecule has 0 amide bonds. The van der Waals surface area contributed by atoms with Gasteiger partial charge in [0.25, 0.3) is 0 Å². The molecule has 8 aromatic rings. The van der Waals surface area contributed by atoms with Crippen LogP contribution in [0.5, 0.6) is 0 Å². The summed E-state index contributed by atoms with van der Waals surface area (Å²) in [5.74, 6) is 0. The third-order valence-electron chi connectivity index (χ3n) is 8.74. The zero-order valence-corrected chi connectivity index (χ0v) is 24.0. The van der Waals surface area contributed by atoms with E-state index in [-0.39, 0.29) is 0 Å². The zero-order valence-electron chi connectivity index (χ0n) is 24.0. The number of allylic oxidation sites excluding steroid dienone is 3. The van der Waals surface area contributed by atoms with Gasteiger partial charge in [-0.2, -0.15) is 0 Å². The van der Waals surface area contributed by atoms with Crippen molar-refractivity contribution in [2.75, 3.05) is 0 Å². The Labute approximate surface area is 250 Å². The molecule has 43 heavy (non-hydrogen) atoms. The topological polar surface area (TPSA) is 30.9 Å². The minimum absolute atomic E-state index is 1.19. The summed E-state index contributed by atoms with van der Waals surface area (Å²) in [6.45, 7) is 2.12. The average molecular weight is 551 g/mol. The van der Waals surface area contributed by atoms with Gasteiger partial charge in [-0.15, -0.1) is 0 Å². The molecule has 0 bridgehead atoms. The second kappa shape index (κ2) is 10.0. The van der Waals surface area contributed by atoms with Crippen LogP contribution in [0.2, 0.25) is 0 Å². The van der Waals surface area contributed by atoms with Gasteiger partial charge in [-0.3, -0.25) is 0 Å². The van der Waals surface area contributed by atoms with Crippen molar-refractivity contribution in [2.45, 2.75) is 6.92 Å². The third-order valence-corrected chi connectivity index (χ3v) is 8.74. The van der Waals surface area contributed by atoms with E-state index in [0.29, 0.717) is 0 Å². The van der Waals surface area contributed by atoms with Crippen molar-refractivity contribution in [3.63, 3.8) is 0 Å². The van der Waals surface area contributed by atoms with E-state index in [0.717, 1.165) is 0 Å². The molecule has 7 aromatic carbocycles. The molecule has 0 saturated heterocycles. The van der Waals surface area contributed by atoms with E-state index in [1.54, 1.807) is 6.20 Å². The molecule has 0 aliphatic carbocycles. The van der Waals surface area contributed by atoms with Crippen molar-refractivity contribution in [1.29, 1.82) is 0 Å². The first-order valence-electron chi connectivity index (χ1n) is 14.7. The molecular weight excluding hydrogens is 520 g/mol. The molecule has 0 aliphatic rings. The fourth-order valence-electron chi connectivity index (χ4n) is 6.59. The summed E-state index contributed by atoms with van der Waals surface area (Å²) in [6, 6.07) is 48.9. The molecule has 1 aromatic heterocycles. The smallest absolute Gasteiger partial charge is 0.0619 e. The predicted octanol–water partition coefficient (Wildman–Crippen LogP) is 10.8. The first-order valence-corrected chi connectivity index (χ1v) is 14.7. The minimum Gasteiger partial charge on any atom is -0.405 e. The van der Waals surface area contributed by atoms with E-state index in [1.165, 1.54) is 82.1 Å². The Morgan fingerprint density at radius 2 is 1.26 bits per heavy atom. The van der Waals surface area contributed by atoms with Gasteiger partial charge in [-0.1, -0.05) is 109 Å². The molecule has 204 valence electrons. The van der Waals surface area contributed by atoms with Gasteiger partial charge in [-0.05, 0) is 93.3 Å². The van der Waals surface area contributed by atoms with Crippen LogP contribution in [0.1, 0.15) is 12.5 Å². The van der Waals surface area contributed by atoms with Crippen molar-refractivity contribution in [3.8, 4) is 16.8 Å². The van der Waals surface area contributed by atoms with Gasteiger partial charge in [0.1, 0.15) is 0 Å². The quantitative estimate of drug-likeness (QED) is 0.217. The second-order valence-electron chi connectivity index (χ2n) is 11.3. The number of rotatable bonds is 4. The lowest BCUT2D eigenvalue weighted by Gasteiger charge is -2.13. The zero-order chi connectivity index (χ0) is 28.9. The molecule has 0 atom stereocenters. The largest absolute Gasteiger partial charge is 0.405 e. The van der Waals surface area contributed by atoms with Gasteiger partial charge in [0.05, 0.1) is 16.7 Å². The number of nitrogens with zero attached hydrogens (tertiary/aromatic N) is 1. The summed E-state index contributed by atoms with van der Waals surface area (Å²) in [5, 5.41) is 9.99. The van der Waals surface area contributed by atoms with Crippen LogP contribution in [0.15, 0.2) is 152 Å². The summed E-state index contributed by atoms with van der Waals surface area (Å²) in [7, 11) is 0. The number of para-hydroxylation sites is 1. The van der Waals surface area contributed by atoms with Gasteiger partial charge in [0, 0.05) is 21.5 Å². The fourth-order valence-corrected chi connectivity index (χ4v) is 6.59. The van der Waals surface area contributed by atoms with Gasteiger partial charge in [-0.25, -0.2) is 0 Å². The number of fused-ring (bicyclic) bond motifs is 7. The summed E-state index contributed by atoms with van der Waals surface area (Å²) < 4.78 is 2.46. The number of hydrogen-bond acceptors (Lipinski definition) is 1. The maximum absolute atomic E-state index is 5.55. The number of aromatic nitrogens is 1. The number of hydrogen-bond donors (Lipinski definition) is 1. The van der Waals surface area contributed by atoms with Crippen molar-refractivity contribution < 1.29 is 0 Å². The molecule has 2 N–H and O–H groups in total. The van der Waals surface area contributed by atoms with Crippen LogP contribution in [0.25, 0.3) is 76.5 Å². The summed E-state index contributed by atoms with van der Waals surface area (Å²) >= 11 is 0. The first-order chi connectivity index (χ1) is 21.2. The molecule has 0 saturated carbocycles. The van der Waals surface area contributed by atoms with Crippen LogP contribution in [0, 0.1) is 0 Å². The van der Waals surface area contributed by atoms with Gasteiger partial charge >= 0.3 is 0 Å². The molecule has 2 heteroatoms. The van der Waals surface area contributed by atoms with Crippen LogP contribution in [0.4, 0.5) is 0 Å². The van der Waals surface area contributed by atoms with Crippen LogP contribution in [-0.4, -0.2) is 4.57 Å². The van der Waals surface area contributed by atoms with E-state index < -0.39 is 0 Å². The molecular formula is C41H30N2. The third kappa shape index (κ3) is 4.11. The van der Waals surface area contributed by atoms with E-state index in [2.05, 4.69) is 145 Å². The second-order valence-corrected chi connectivity index (χ2v) is 11.3. The van der Waals surface area contributed by atoms with Crippen LogP contribution in [0.3, 0.4) is 0 Å². The standard InChI is InChI=1S/C41H30N2/c1-27(8-7-23-42)30-17-15-28-16-18-31(26-34(28)24-30)32-19-21-36-33(25-32)20-22-38-37-12-4-5-13-40(37)43(41(36)38)39-14-6-10-29-9-2-3-11-35(29)39/h2-26H,42H2,1H3/b23-7-,27-8+. The first kappa shape index (κ1) is 25.1. The Morgan fingerprint density at radius 1 is 0.558 bits per heavy atom. The van der Waals surface area contributed by atoms with E-state index in [4.69, 9.17) is 5.73 Å². The van der Waals surface area contributed by atoms with Gasteiger partial charge in [0.15, 0.2) is 0 Å². The molecule has 2 nitrogen and oxygen atoms in total. The van der Waals surface area contributed by atoms with E-state index >= 15 is 0 Å². The summed E-state index contributed by atoms with van der Waals surface area (Å²) in [6.07, 6.45) is 5.49. The lowest BCUT2D eigenvalue weighted by Crippen LogP contribution is -1.96. The Kier molecular flexibility index (Phi) is 5.87. The SMILES string of the molecule is C/C(=C\C=C/N)c1ccc2ccc(-c3ccc4c(ccc5c6ccccc6n(-c6cccc7ccccc67)c45)c3)cc2c1. The van der Waals surface area contributed by atoms with Crippen LogP contribution >= 0.6 is 0 Å². The van der Waals surface area contributed by atoms with Crippen LogP contribution in [-0.2, 0) is 0 Å². The summed E-state index contributed by atoms with van der Waals surface area (Å²) in [4.78, 5) is 0. The molecule has 0 spiro atoms. The highest BCUT2D eigenvalue weighted by atomic mass is 15.0. The average Bonchev–Trinajstić information content (AvgIpc) is 3.40. The Hall–Kier alpha value is -5.60. The normalized spacial score (nSPS) is 12.4. The minimum atomic E-state index is 1.19. The number of benzene rings is 7. The van der Waals surface area contributed by atoms with Crippen molar-refractivity contribution in [1.82, 2.24) is 4.57 Å². The molecule has 0 radical (unpaired) electrons. The van der Waals surface area contributed by atoms with E-state index in [1.807, 2.05) is 12.2 Å². The maximum Gasteiger partial charge on any atom is 0.0619 e. The molecule has 0 unspecified atom stereocenters. The Morgan fingerprint density at radius 3 is 2.14 bits per heavy atom. The maximum atomic E-state index is 5.55. The van der Waals surface area contributed by atoms with Crippen molar-refractivity contribution >= 4 is 59.7 Å². The van der Waals surface area contributed by atoms with Crippen LogP contribution < -0.4 is 5.73 Å². The molecule has 1 heterocycles. The van der Waals surface area contributed by atoms with Crippen molar-refractivity contribution in [2.24, 2.45) is 5.73 Å². The highest BCUT2D eigenvalue weighted by molar-refractivity contribution is 6.19. The number of nitrogens with two attached hydrogens (primary N) is 1. The van der Waals surface area contributed by atoms with Gasteiger partial charge in [0.2, 0.25) is 0 Å².